The van der Waals surface area contributed by atoms with Gasteiger partial charge >= 0.3 is 0 Å². The monoisotopic (exact) mass is 789 g/mol. The Morgan fingerprint density at radius 3 is 1.45 bits per heavy atom. The first kappa shape index (κ1) is 34.6. The highest BCUT2D eigenvalue weighted by atomic mass is 16.3. The minimum Gasteiger partial charge on any atom is -0.455 e. The van der Waals surface area contributed by atoms with Crippen molar-refractivity contribution in [2.45, 2.75) is 5.41 Å². The summed E-state index contributed by atoms with van der Waals surface area (Å²) < 4.78 is 6.39. The van der Waals surface area contributed by atoms with Crippen molar-refractivity contribution < 1.29 is 4.42 Å². The molecule has 0 fully saturated rings. The van der Waals surface area contributed by atoms with E-state index in [1.54, 1.807) is 0 Å². The smallest absolute Gasteiger partial charge is 0.164 e. The van der Waals surface area contributed by atoms with E-state index in [9.17, 15) is 0 Å². The maximum absolute atomic E-state index is 6.39. The lowest BCUT2D eigenvalue weighted by molar-refractivity contribution is 0.670. The van der Waals surface area contributed by atoms with Gasteiger partial charge in [-0.05, 0) is 73.3 Å². The standard InChI is InChI=1S/C58H35N3O/c1-2-15-37(16-3-1)55-59-56(38-31-29-36(30-32-38)41-23-14-24-46-45-21-9-13-28-53(45)62-54(41)46)61-57(60-55)47-22-5-4-17-40(47)39-33-34-52-48(35-39)44-20-8-12-27-51(44)58(52)49-25-10-6-18-42(49)43-19-7-11-26-50(43)58/h1-35H. The summed E-state index contributed by atoms with van der Waals surface area (Å²) in [5, 5.41) is 2.23. The fourth-order valence-corrected chi connectivity index (χ4v) is 10.3. The molecule has 2 heterocycles. The van der Waals surface area contributed by atoms with Gasteiger partial charge in [-0.15, -0.1) is 0 Å². The van der Waals surface area contributed by atoms with Crippen molar-refractivity contribution in [1.29, 1.82) is 0 Å². The molecule has 4 nitrogen and oxygen atoms in total. The Morgan fingerprint density at radius 1 is 0.290 bits per heavy atom. The van der Waals surface area contributed by atoms with E-state index >= 15 is 0 Å². The van der Waals surface area contributed by atoms with Gasteiger partial charge in [-0.1, -0.05) is 200 Å². The predicted octanol–water partition coefficient (Wildman–Crippen LogP) is 14.4. The number of para-hydroxylation sites is 2. The molecule has 13 rings (SSSR count). The van der Waals surface area contributed by atoms with Crippen LogP contribution < -0.4 is 0 Å². The maximum atomic E-state index is 6.39. The molecule has 0 N–H and O–H groups in total. The second-order valence-electron chi connectivity index (χ2n) is 16.2. The number of aromatic nitrogens is 3. The molecule has 9 aromatic carbocycles. The molecular weight excluding hydrogens is 755 g/mol. The second kappa shape index (κ2) is 13.4. The first-order valence-corrected chi connectivity index (χ1v) is 21.1. The summed E-state index contributed by atoms with van der Waals surface area (Å²) in [6, 6.07) is 75.5. The summed E-state index contributed by atoms with van der Waals surface area (Å²) in [6.45, 7) is 0. The Hall–Kier alpha value is -8.21. The van der Waals surface area contributed by atoms with Crippen molar-refractivity contribution in [2.24, 2.45) is 0 Å². The Morgan fingerprint density at radius 2 is 0.758 bits per heavy atom. The van der Waals surface area contributed by atoms with Gasteiger partial charge in [0.1, 0.15) is 11.2 Å². The van der Waals surface area contributed by atoms with Crippen LogP contribution in [0.4, 0.5) is 0 Å². The van der Waals surface area contributed by atoms with Crippen molar-refractivity contribution in [2.75, 3.05) is 0 Å². The van der Waals surface area contributed by atoms with E-state index in [0.717, 1.165) is 60.9 Å². The average Bonchev–Trinajstić information content (AvgIpc) is 3.98. The van der Waals surface area contributed by atoms with E-state index in [4.69, 9.17) is 19.4 Å². The molecule has 2 aliphatic carbocycles. The van der Waals surface area contributed by atoms with Gasteiger partial charge in [-0.25, -0.2) is 15.0 Å². The molecule has 62 heavy (non-hydrogen) atoms. The summed E-state index contributed by atoms with van der Waals surface area (Å²) in [5.41, 5.74) is 18.9. The molecule has 0 saturated heterocycles. The van der Waals surface area contributed by atoms with Gasteiger partial charge in [-0.3, -0.25) is 0 Å². The number of nitrogens with zero attached hydrogens (tertiary/aromatic N) is 3. The molecule has 0 unspecified atom stereocenters. The van der Waals surface area contributed by atoms with E-state index in [-0.39, 0.29) is 5.41 Å². The van der Waals surface area contributed by atoms with Gasteiger partial charge in [0.15, 0.2) is 17.5 Å². The Bertz CT molecular complexity index is 3540. The van der Waals surface area contributed by atoms with E-state index in [0.29, 0.717) is 17.5 Å². The third kappa shape index (κ3) is 4.98. The highest BCUT2D eigenvalue weighted by Gasteiger charge is 2.51. The molecule has 0 saturated carbocycles. The number of hydrogen-bond donors (Lipinski definition) is 0. The molecular formula is C58H35N3O. The summed E-state index contributed by atoms with van der Waals surface area (Å²) >= 11 is 0. The molecule has 4 heteroatoms. The van der Waals surface area contributed by atoms with Crippen LogP contribution in [-0.4, -0.2) is 15.0 Å². The van der Waals surface area contributed by atoms with Gasteiger partial charge in [0, 0.05) is 33.0 Å². The van der Waals surface area contributed by atoms with Crippen LogP contribution in [0.25, 0.3) is 101 Å². The predicted molar refractivity (Wildman–Crippen MR) is 251 cm³/mol. The van der Waals surface area contributed by atoms with Gasteiger partial charge < -0.3 is 4.42 Å². The van der Waals surface area contributed by atoms with Gasteiger partial charge in [0.2, 0.25) is 0 Å². The van der Waals surface area contributed by atoms with Crippen LogP contribution in [-0.2, 0) is 5.41 Å². The number of rotatable bonds is 5. The summed E-state index contributed by atoms with van der Waals surface area (Å²) in [5.74, 6) is 1.86. The molecule has 2 aromatic heterocycles. The zero-order valence-electron chi connectivity index (χ0n) is 33.5. The van der Waals surface area contributed by atoms with Crippen LogP contribution in [0.15, 0.2) is 217 Å². The molecule has 11 aromatic rings. The third-order valence-electron chi connectivity index (χ3n) is 13.0. The van der Waals surface area contributed by atoms with E-state index in [2.05, 4.69) is 182 Å². The zero-order valence-corrected chi connectivity index (χ0v) is 33.5. The van der Waals surface area contributed by atoms with Crippen molar-refractivity contribution in [3.05, 3.63) is 235 Å². The van der Waals surface area contributed by atoms with Crippen LogP contribution in [0.1, 0.15) is 22.3 Å². The number of furan rings is 1. The highest BCUT2D eigenvalue weighted by molar-refractivity contribution is 6.09. The fourth-order valence-electron chi connectivity index (χ4n) is 10.3. The van der Waals surface area contributed by atoms with E-state index in [1.807, 2.05) is 30.3 Å². The van der Waals surface area contributed by atoms with Gasteiger partial charge in [0.05, 0.1) is 5.41 Å². The van der Waals surface area contributed by atoms with Crippen molar-refractivity contribution >= 4 is 21.9 Å². The topological polar surface area (TPSA) is 51.8 Å². The highest BCUT2D eigenvalue weighted by Crippen LogP contribution is 2.63. The third-order valence-corrected chi connectivity index (χ3v) is 13.0. The van der Waals surface area contributed by atoms with Crippen LogP contribution in [0.3, 0.4) is 0 Å². The van der Waals surface area contributed by atoms with Crippen molar-refractivity contribution in [3.63, 3.8) is 0 Å². The van der Waals surface area contributed by atoms with Crippen LogP contribution in [0.2, 0.25) is 0 Å². The van der Waals surface area contributed by atoms with Crippen LogP contribution >= 0.6 is 0 Å². The van der Waals surface area contributed by atoms with E-state index in [1.165, 1.54) is 44.5 Å². The molecule has 2 aliphatic rings. The Labute approximate surface area is 358 Å². The molecule has 0 aliphatic heterocycles. The largest absolute Gasteiger partial charge is 0.455 e. The quantitative estimate of drug-likeness (QED) is 0.174. The van der Waals surface area contributed by atoms with Gasteiger partial charge in [-0.2, -0.15) is 0 Å². The Balaban J connectivity index is 0.948. The summed E-state index contributed by atoms with van der Waals surface area (Å²) in [6.07, 6.45) is 0. The molecule has 0 bridgehead atoms. The number of benzene rings is 9. The number of fused-ring (bicyclic) bond motifs is 13. The molecule has 1 spiro atoms. The molecule has 0 amide bonds. The minimum atomic E-state index is -0.390. The zero-order chi connectivity index (χ0) is 40.8. The average molecular weight is 790 g/mol. The SMILES string of the molecule is c1ccc(-c2nc(-c3ccc(-c4cccc5c4oc4ccccc45)cc3)nc(-c3ccccc3-c3ccc4c(c3)-c3ccccc3C43c4ccccc4-c4ccccc43)n2)cc1. The van der Waals surface area contributed by atoms with Crippen LogP contribution in [0, 0.1) is 0 Å². The lowest BCUT2D eigenvalue weighted by Gasteiger charge is -2.30. The first-order valence-electron chi connectivity index (χ1n) is 21.1. The number of hydrogen-bond acceptors (Lipinski definition) is 4. The lowest BCUT2D eigenvalue weighted by Crippen LogP contribution is -2.25. The molecule has 0 atom stereocenters. The normalized spacial score (nSPS) is 13.0. The maximum Gasteiger partial charge on any atom is 0.164 e. The summed E-state index contributed by atoms with van der Waals surface area (Å²) in [7, 11) is 0. The fraction of sp³-hybridized carbons (Fsp3) is 0.0172. The van der Waals surface area contributed by atoms with Crippen molar-refractivity contribution in [3.8, 4) is 78.7 Å². The van der Waals surface area contributed by atoms with Crippen molar-refractivity contribution in [1.82, 2.24) is 15.0 Å². The first-order chi connectivity index (χ1) is 30.7. The van der Waals surface area contributed by atoms with Gasteiger partial charge in [0.25, 0.3) is 0 Å². The minimum absolute atomic E-state index is 0.390. The lowest BCUT2D eigenvalue weighted by atomic mass is 9.70. The van der Waals surface area contributed by atoms with E-state index < -0.39 is 0 Å². The second-order valence-corrected chi connectivity index (χ2v) is 16.2. The molecule has 0 radical (unpaired) electrons. The molecule has 288 valence electrons. The summed E-state index contributed by atoms with van der Waals surface area (Å²) in [4.78, 5) is 15.5. The Kier molecular flexibility index (Phi) is 7.49. The van der Waals surface area contributed by atoms with Crippen LogP contribution in [0.5, 0.6) is 0 Å².